The molecule has 1 heterocycles. The van der Waals surface area contributed by atoms with Crippen molar-refractivity contribution in [2.24, 2.45) is 22.6 Å². The Morgan fingerprint density at radius 1 is 0.975 bits per heavy atom. The van der Waals surface area contributed by atoms with Crippen LogP contribution in [0.3, 0.4) is 0 Å². The molecule has 0 aliphatic carbocycles. The van der Waals surface area contributed by atoms with Gasteiger partial charge < -0.3 is 16.4 Å². The first-order valence-electron chi connectivity index (χ1n) is 12.0. The van der Waals surface area contributed by atoms with Gasteiger partial charge in [0.15, 0.2) is 0 Å². The minimum absolute atomic E-state index is 0.142. The maximum absolute atomic E-state index is 13.3. The second-order valence-electron chi connectivity index (χ2n) is 9.28. The lowest BCUT2D eigenvalue weighted by Gasteiger charge is -2.26. The minimum Gasteiger partial charge on any atom is -0.369 e. The number of aliphatic imine (C=N–C) groups is 1. The Balaban J connectivity index is 2.03. The third-order valence-electron chi connectivity index (χ3n) is 6.37. The van der Waals surface area contributed by atoms with Crippen molar-refractivity contribution in [1.82, 2.24) is 5.32 Å². The van der Waals surface area contributed by atoms with Gasteiger partial charge in [-0.3, -0.25) is 14.4 Å². The molecule has 0 spiro atoms. The number of para-hydroxylation sites is 1. The predicted molar refractivity (Wildman–Crippen MR) is 136 cm³/mol. The van der Waals surface area contributed by atoms with E-state index in [1.165, 1.54) is 6.07 Å². The van der Waals surface area contributed by atoms with Gasteiger partial charge in [-0.2, -0.15) is 26.3 Å². The number of alkyl halides is 6. The number of hydrogen-bond acceptors (Lipinski definition) is 4. The summed E-state index contributed by atoms with van der Waals surface area (Å²) in [5, 5.41) is 4.89. The molecule has 2 aromatic rings. The topological polar surface area (TPSA) is 114 Å². The Hall–Kier alpha value is -3.61. The lowest BCUT2D eigenvalue weighted by Crippen LogP contribution is -2.48. The van der Waals surface area contributed by atoms with Crippen molar-refractivity contribution >= 4 is 40.7 Å². The molecule has 3 atom stereocenters. The monoisotopic (exact) mass is 590 g/mol. The average molecular weight is 591 g/mol. The van der Waals surface area contributed by atoms with Gasteiger partial charge >= 0.3 is 12.4 Å². The number of carbonyl (C=O) groups excluding carboxylic acids is 3. The largest absolute Gasteiger partial charge is 0.389 e. The van der Waals surface area contributed by atoms with Gasteiger partial charge in [0.1, 0.15) is 0 Å². The van der Waals surface area contributed by atoms with Gasteiger partial charge in [-0.25, -0.2) is 4.99 Å². The van der Waals surface area contributed by atoms with Crippen molar-refractivity contribution < 1.29 is 40.7 Å². The molecule has 0 fully saturated rings. The van der Waals surface area contributed by atoms with Gasteiger partial charge in [0.2, 0.25) is 18.0 Å². The fourth-order valence-electron chi connectivity index (χ4n) is 4.39. The molecule has 0 bridgehead atoms. The van der Waals surface area contributed by atoms with Crippen molar-refractivity contribution in [3.8, 4) is 0 Å². The van der Waals surface area contributed by atoms with Crippen molar-refractivity contribution in [2.45, 2.75) is 51.1 Å². The molecule has 7 nitrogen and oxygen atoms in total. The summed E-state index contributed by atoms with van der Waals surface area (Å²) in [6, 6.07) is 11.6. The minimum atomic E-state index is -4.78. The second kappa shape index (κ2) is 12.3. The first-order valence-corrected chi connectivity index (χ1v) is 12.4. The highest BCUT2D eigenvalue weighted by molar-refractivity contribution is 6.36. The third-order valence-corrected chi connectivity index (χ3v) is 6.68. The van der Waals surface area contributed by atoms with E-state index in [9.17, 15) is 40.7 Å². The Labute approximate surface area is 230 Å². The predicted octanol–water partition coefficient (Wildman–Crippen LogP) is 5.28. The van der Waals surface area contributed by atoms with Crippen LogP contribution in [0.25, 0.3) is 0 Å². The first-order chi connectivity index (χ1) is 18.6. The molecule has 4 N–H and O–H groups in total. The van der Waals surface area contributed by atoms with E-state index < -0.39 is 73.8 Å². The Morgan fingerprint density at radius 3 is 2.12 bits per heavy atom. The summed E-state index contributed by atoms with van der Waals surface area (Å²) in [6.45, 7) is 1.76. The first kappa shape index (κ1) is 30.9. The number of hydrogen-bond donors (Lipinski definition) is 3. The normalized spacial score (nSPS) is 17.1. The summed E-state index contributed by atoms with van der Waals surface area (Å²) in [4.78, 5) is 42.8. The molecule has 1 aliphatic heterocycles. The zero-order valence-corrected chi connectivity index (χ0v) is 21.8. The third kappa shape index (κ3) is 7.96. The Bertz CT molecular complexity index is 1310. The number of aryl methyl sites for hydroxylation is 1. The lowest BCUT2D eigenvalue weighted by molar-refractivity contribution is -0.152. The standard InChI is InChI=1S/C26H25ClF6N4O3/c1-13-5-2-3-6-14(13)19-17-7-4-8-18(27)20(17)36-24(40)22(35-19)37-23(39)16(10-12-26(31,32)33)15(21(34)38)9-11-25(28,29)30/h2-8,15-16,22H,9-12H2,1H3,(H2,34,38)(H,36,40)(H,37,39)/t15-,16+,22-/m1/s1. The van der Waals surface area contributed by atoms with Crippen LogP contribution in [0.5, 0.6) is 0 Å². The molecule has 14 heteroatoms. The molecule has 2 aromatic carbocycles. The van der Waals surface area contributed by atoms with Crippen LogP contribution in [0, 0.1) is 18.8 Å². The highest BCUT2D eigenvalue weighted by Crippen LogP contribution is 2.34. The molecule has 0 radical (unpaired) electrons. The number of amides is 3. The number of nitrogens with one attached hydrogen (secondary N) is 2. The summed E-state index contributed by atoms with van der Waals surface area (Å²) < 4.78 is 77.7. The number of halogens is 7. The molecule has 3 amide bonds. The quantitative estimate of drug-likeness (QED) is 0.345. The molecule has 3 rings (SSSR count). The number of rotatable bonds is 9. The van der Waals surface area contributed by atoms with Crippen LogP contribution in [0.2, 0.25) is 5.02 Å². The zero-order chi connectivity index (χ0) is 29.8. The van der Waals surface area contributed by atoms with E-state index in [-0.39, 0.29) is 16.4 Å². The Morgan fingerprint density at radius 2 is 1.55 bits per heavy atom. The van der Waals surface area contributed by atoms with Crippen LogP contribution in [-0.2, 0) is 14.4 Å². The molecule has 0 unspecified atom stereocenters. The Kier molecular flexibility index (Phi) is 9.49. The van der Waals surface area contributed by atoms with Crippen LogP contribution in [0.1, 0.15) is 42.4 Å². The van der Waals surface area contributed by atoms with E-state index in [0.717, 1.165) is 5.56 Å². The summed E-state index contributed by atoms with van der Waals surface area (Å²) in [5.41, 5.74) is 7.29. The summed E-state index contributed by atoms with van der Waals surface area (Å²) in [7, 11) is 0. The SMILES string of the molecule is Cc1ccccc1C1=N[C@H](NC(=O)[C@@H](CCC(F)(F)F)[C@@H](CCC(F)(F)F)C(N)=O)C(=O)Nc2c(Cl)cccc21. The molecule has 0 saturated carbocycles. The molecule has 40 heavy (non-hydrogen) atoms. The van der Waals surface area contributed by atoms with E-state index >= 15 is 0 Å². The second-order valence-corrected chi connectivity index (χ2v) is 9.69. The van der Waals surface area contributed by atoms with Crippen molar-refractivity contribution in [3.63, 3.8) is 0 Å². The van der Waals surface area contributed by atoms with Gasteiger partial charge in [0.25, 0.3) is 5.91 Å². The maximum atomic E-state index is 13.3. The highest BCUT2D eigenvalue weighted by Gasteiger charge is 2.40. The molecular weight excluding hydrogens is 566 g/mol. The number of nitrogens with zero attached hydrogens (tertiary/aromatic N) is 1. The summed E-state index contributed by atoms with van der Waals surface area (Å²) in [5.74, 6) is -7.36. The smallest absolute Gasteiger partial charge is 0.369 e. The lowest BCUT2D eigenvalue weighted by atomic mass is 9.83. The van der Waals surface area contributed by atoms with Gasteiger partial charge in [-0.15, -0.1) is 0 Å². The van der Waals surface area contributed by atoms with E-state index in [1.807, 2.05) is 0 Å². The van der Waals surface area contributed by atoms with E-state index in [4.69, 9.17) is 17.3 Å². The number of fused-ring (bicyclic) bond motifs is 1. The van der Waals surface area contributed by atoms with E-state index in [0.29, 0.717) is 11.1 Å². The number of benzodiazepines with no additional fused rings is 1. The number of carbonyl (C=O) groups is 3. The molecule has 0 aromatic heterocycles. The van der Waals surface area contributed by atoms with Gasteiger partial charge in [0.05, 0.1) is 16.4 Å². The van der Waals surface area contributed by atoms with Crippen LogP contribution >= 0.6 is 11.6 Å². The highest BCUT2D eigenvalue weighted by atomic mass is 35.5. The van der Waals surface area contributed by atoms with Gasteiger partial charge in [0, 0.05) is 35.8 Å². The van der Waals surface area contributed by atoms with E-state index in [2.05, 4.69) is 15.6 Å². The molecular formula is C26H25ClF6N4O3. The van der Waals surface area contributed by atoms with Gasteiger partial charge in [-0.05, 0) is 31.4 Å². The number of anilines is 1. The number of benzene rings is 2. The van der Waals surface area contributed by atoms with Crippen LogP contribution in [0.15, 0.2) is 47.5 Å². The molecule has 216 valence electrons. The zero-order valence-electron chi connectivity index (χ0n) is 21.0. The molecule has 1 aliphatic rings. The summed E-state index contributed by atoms with van der Waals surface area (Å²) >= 11 is 6.30. The number of primary amides is 1. The number of nitrogens with two attached hydrogens (primary N) is 1. The van der Waals surface area contributed by atoms with Crippen molar-refractivity contribution in [1.29, 1.82) is 0 Å². The summed E-state index contributed by atoms with van der Waals surface area (Å²) in [6.07, 6.45) is -16.4. The maximum Gasteiger partial charge on any atom is 0.389 e. The molecule has 0 saturated heterocycles. The fraction of sp³-hybridized carbons (Fsp3) is 0.385. The average Bonchev–Trinajstić information content (AvgIpc) is 2.97. The van der Waals surface area contributed by atoms with Gasteiger partial charge in [-0.1, -0.05) is 48.0 Å². The van der Waals surface area contributed by atoms with E-state index in [1.54, 1.807) is 43.3 Å². The van der Waals surface area contributed by atoms with Crippen molar-refractivity contribution in [3.05, 3.63) is 64.2 Å². The van der Waals surface area contributed by atoms with Crippen LogP contribution < -0.4 is 16.4 Å². The van der Waals surface area contributed by atoms with Crippen molar-refractivity contribution in [2.75, 3.05) is 5.32 Å². The van der Waals surface area contributed by atoms with Crippen LogP contribution in [0.4, 0.5) is 32.0 Å². The van der Waals surface area contributed by atoms with Crippen LogP contribution in [-0.4, -0.2) is 42.0 Å². The fourth-order valence-corrected chi connectivity index (χ4v) is 4.61.